The highest BCUT2D eigenvalue weighted by atomic mass is 32.2. The minimum absolute atomic E-state index is 0.152. The van der Waals surface area contributed by atoms with Crippen molar-refractivity contribution in [3.8, 4) is 5.75 Å². The van der Waals surface area contributed by atoms with Gasteiger partial charge in [0.05, 0.1) is 24.5 Å². The fourth-order valence-corrected chi connectivity index (χ4v) is 7.30. The smallest absolute Gasteiger partial charge is 0.490 e. The summed E-state index contributed by atoms with van der Waals surface area (Å²) in [5.74, 6) is -2.92. The molecule has 4 aromatic rings. The number of aromatic amines is 1. The number of methoxy groups -OCH3 is 1. The van der Waals surface area contributed by atoms with Gasteiger partial charge in [0.2, 0.25) is 26.0 Å². The highest BCUT2D eigenvalue weighted by Crippen LogP contribution is 2.31. The summed E-state index contributed by atoms with van der Waals surface area (Å²) in [5.41, 5.74) is 2.87. The first-order valence-electron chi connectivity index (χ1n) is 13.8. The Balaban J connectivity index is 0.000000671. The normalized spacial score (nSPS) is 16.4. The van der Waals surface area contributed by atoms with Gasteiger partial charge in [0.15, 0.2) is 0 Å². The fraction of sp³-hybridized carbons (Fsp3) is 0.233. The van der Waals surface area contributed by atoms with E-state index in [0.29, 0.717) is 23.4 Å². The molecule has 1 aliphatic rings. The number of halogens is 4. The van der Waals surface area contributed by atoms with Crippen LogP contribution in [-0.2, 0) is 42.5 Å². The van der Waals surface area contributed by atoms with Crippen LogP contribution in [-0.4, -0.2) is 57.1 Å². The molecule has 5 rings (SSSR count). The number of aliphatic carboxylic acids is 1. The largest absolute Gasteiger partial charge is 0.497 e. The summed E-state index contributed by atoms with van der Waals surface area (Å²) in [7, 11) is -6.35. The number of hydrogen-bond donors (Lipinski definition) is 4. The molecule has 0 saturated carbocycles. The number of sulfonamides is 2. The highest BCUT2D eigenvalue weighted by molar-refractivity contribution is 7.90. The van der Waals surface area contributed by atoms with Crippen molar-refractivity contribution in [2.24, 2.45) is 0 Å². The summed E-state index contributed by atoms with van der Waals surface area (Å²) in [4.78, 5) is 27.9. The third-order valence-corrected chi connectivity index (χ3v) is 10.1. The molecule has 1 amide bonds. The molecule has 0 spiro atoms. The van der Waals surface area contributed by atoms with Gasteiger partial charge < -0.3 is 14.8 Å². The number of hydrogen-bond acceptors (Lipinski definition) is 8. The van der Waals surface area contributed by atoms with E-state index in [-0.39, 0.29) is 17.7 Å². The van der Waals surface area contributed by atoms with Crippen molar-refractivity contribution in [3.63, 3.8) is 0 Å². The number of rotatable bonds is 10. The Labute approximate surface area is 272 Å². The van der Waals surface area contributed by atoms with E-state index >= 15 is 0 Å². The second kappa shape index (κ2) is 14.5. The molecule has 2 unspecified atom stereocenters. The summed E-state index contributed by atoms with van der Waals surface area (Å²) in [5, 5.41) is 6.14. The first-order chi connectivity index (χ1) is 22.5. The summed E-state index contributed by atoms with van der Waals surface area (Å²) in [6.45, 7) is 0. The van der Waals surface area contributed by atoms with Gasteiger partial charge in [-0.25, -0.2) is 35.7 Å². The zero-order valence-corrected chi connectivity index (χ0v) is 26.5. The third kappa shape index (κ3) is 9.39. The van der Waals surface area contributed by atoms with Crippen LogP contribution < -0.4 is 14.2 Å². The van der Waals surface area contributed by atoms with E-state index < -0.39 is 55.2 Å². The van der Waals surface area contributed by atoms with E-state index in [1.54, 1.807) is 37.6 Å². The lowest BCUT2D eigenvalue weighted by molar-refractivity contribution is -0.192. The molecule has 1 aromatic heterocycles. The average molecular weight is 713 g/mol. The van der Waals surface area contributed by atoms with Gasteiger partial charge in [-0.05, 0) is 53.4 Å². The zero-order chi connectivity index (χ0) is 35.3. The monoisotopic (exact) mass is 712 g/mol. The van der Waals surface area contributed by atoms with E-state index in [0.717, 1.165) is 29.1 Å². The number of ether oxygens (including phenoxy) is 1. The van der Waals surface area contributed by atoms with E-state index in [1.165, 1.54) is 12.1 Å². The molecule has 2 heterocycles. The summed E-state index contributed by atoms with van der Waals surface area (Å²) in [6.07, 6.45) is -2.96. The van der Waals surface area contributed by atoms with Crippen LogP contribution in [0.5, 0.6) is 5.75 Å². The Morgan fingerprint density at radius 1 is 1.08 bits per heavy atom. The van der Waals surface area contributed by atoms with Crippen molar-refractivity contribution >= 4 is 31.9 Å². The molecule has 4 N–H and O–H groups in total. The molecule has 1 aliphatic heterocycles. The lowest BCUT2D eigenvalue weighted by Gasteiger charge is -2.18. The fourth-order valence-electron chi connectivity index (χ4n) is 4.64. The molecule has 3 aromatic carbocycles. The number of carbonyl (C=O) groups is 2. The van der Waals surface area contributed by atoms with E-state index in [9.17, 15) is 39.2 Å². The average Bonchev–Trinajstić information content (AvgIpc) is 3.59. The number of aromatic nitrogens is 2. The maximum Gasteiger partial charge on any atom is 0.490 e. The number of amides is 1. The van der Waals surface area contributed by atoms with Crippen LogP contribution in [0.15, 0.2) is 83.9 Å². The molecule has 1 saturated heterocycles. The highest BCUT2D eigenvalue weighted by Gasteiger charge is 2.39. The van der Waals surface area contributed by atoms with E-state index in [2.05, 4.69) is 14.7 Å². The Bertz CT molecular complexity index is 1980. The third-order valence-electron chi connectivity index (χ3n) is 6.97. The summed E-state index contributed by atoms with van der Waals surface area (Å²) < 4.78 is 106. The van der Waals surface area contributed by atoms with Crippen molar-refractivity contribution in [3.05, 3.63) is 113 Å². The van der Waals surface area contributed by atoms with Gasteiger partial charge >= 0.3 is 12.1 Å². The summed E-state index contributed by atoms with van der Waals surface area (Å²) in [6, 6.07) is 17.9. The van der Waals surface area contributed by atoms with E-state index in [4.69, 9.17) is 14.6 Å². The van der Waals surface area contributed by atoms with Crippen molar-refractivity contribution in [2.45, 2.75) is 41.6 Å². The molecule has 2 atom stereocenters. The van der Waals surface area contributed by atoms with Crippen molar-refractivity contribution in [2.75, 3.05) is 7.11 Å². The maximum absolute atomic E-state index is 13.8. The molecule has 1 fully saturated rings. The number of carbonyl (C=O) groups excluding carboxylic acids is 1. The molecule has 0 aliphatic carbocycles. The summed E-state index contributed by atoms with van der Waals surface area (Å²) >= 11 is 0. The minimum Gasteiger partial charge on any atom is -0.497 e. The van der Waals surface area contributed by atoms with E-state index in [1.807, 2.05) is 29.0 Å². The predicted octanol–water partition coefficient (Wildman–Crippen LogP) is 3.93. The van der Waals surface area contributed by atoms with Gasteiger partial charge in [0.1, 0.15) is 22.6 Å². The number of benzene rings is 3. The number of imidazole rings is 1. The zero-order valence-electron chi connectivity index (χ0n) is 24.9. The Morgan fingerprint density at radius 2 is 1.71 bits per heavy atom. The van der Waals surface area contributed by atoms with Gasteiger partial charge in [-0.1, -0.05) is 42.5 Å². The first-order valence-corrected chi connectivity index (χ1v) is 16.9. The topological polar surface area (TPSA) is 185 Å². The Kier molecular flexibility index (Phi) is 10.9. The molecule has 18 heteroatoms. The Hall–Kier alpha value is -4.81. The second-order valence-electron chi connectivity index (χ2n) is 10.5. The molecular weight excluding hydrogens is 684 g/mol. The van der Waals surface area contributed by atoms with Gasteiger partial charge in [0, 0.05) is 18.3 Å². The lowest BCUT2D eigenvalue weighted by atomic mass is 10.0. The minimum atomic E-state index is -5.08. The maximum atomic E-state index is 13.8. The second-order valence-corrected chi connectivity index (χ2v) is 14.0. The van der Waals surface area contributed by atoms with Crippen LogP contribution in [0.3, 0.4) is 0 Å². The quantitative estimate of drug-likeness (QED) is 0.177. The molecule has 48 heavy (non-hydrogen) atoms. The van der Waals surface area contributed by atoms with Crippen LogP contribution in [0.1, 0.15) is 45.9 Å². The van der Waals surface area contributed by atoms with Crippen LogP contribution in [0.25, 0.3) is 0 Å². The number of carboxylic acid groups (broad SMARTS) is 1. The standard InChI is InChI=1S/C28H27FN4O6S2.C2HF3O2/c1-39-23-11-7-18(8-12-23)13-22-17-30-28(31-22)25(32-40(35,36)24-4-2-3-21(29)15-24)14-19-5-9-20(10-6-19)26-16-27(34)33-41(26,37)38;3-2(4,5)1(6)7/h2-12,15,17,25-26,32H,13-14,16H2,1H3,(H,30,31)(H,33,34);(H,6,7). The molecule has 12 nitrogen and oxygen atoms in total. The number of alkyl halides is 3. The van der Waals surface area contributed by atoms with Crippen LogP contribution in [0.4, 0.5) is 17.6 Å². The van der Waals surface area contributed by atoms with Gasteiger partial charge in [-0.2, -0.15) is 13.2 Å². The molecule has 256 valence electrons. The van der Waals surface area contributed by atoms with Gasteiger partial charge in [0.25, 0.3) is 0 Å². The van der Waals surface area contributed by atoms with Gasteiger partial charge in [-0.15, -0.1) is 0 Å². The molecular formula is C30H28F4N4O8S2. The lowest BCUT2D eigenvalue weighted by Crippen LogP contribution is -2.31. The molecule has 0 radical (unpaired) electrons. The van der Waals surface area contributed by atoms with Gasteiger partial charge in [-0.3, -0.25) is 9.52 Å². The first kappa shape index (κ1) is 36.0. The van der Waals surface area contributed by atoms with Crippen molar-refractivity contribution in [1.29, 1.82) is 0 Å². The van der Waals surface area contributed by atoms with Crippen LogP contribution in [0, 0.1) is 5.82 Å². The number of carboxylic acids is 1. The van der Waals surface area contributed by atoms with Crippen LogP contribution in [0.2, 0.25) is 0 Å². The number of H-pyrrole nitrogens is 1. The van der Waals surface area contributed by atoms with Crippen molar-refractivity contribution < 1.29 is 53.8 Å². The Morgan fingerprint density at radius 3 is 2.25 bits per heavy atom. The SMILES string of the molecule is COc1ccc(Cc2cnc(C(Cc3ccc(C4CC(=O)NS4(=O)=O)cc3)NS(=O)(=O)c3cccc(F)c3)[nH]2)cc1.O=C(O)C(F)(F)F. The predicted molar refractivity (Wildman–Crippen MR) is 162 cm³/mol. The van der Waals surface area contributed by atoms with Crippen molar-refractivity contribution in [1.82, 2.24) is 19.4 Å². The van der Waals surface area contributed by atoms with Crippen LogP contribution >= 0.6 is 0 Å². The molecule has 0 bridgehead atoms. The number of nitrogens with one attached hydrogen (secondary N) is 3. The number of nitrogens with zero attached hydrogens (tertiary/aromatic N) is 1.